The Labute approximate surface area is 67.7 Å². The number of allylic oxidation sites excluding steroid dienone is 2. The highest BCUT2D eigenvalue weighted by Crippen LogP contribution is 2.45. The second-order valence-corrected chi connectivity index (χ2v) is 5.49. The van der Waals surface area contributed by atoms with Gasteiger partial charge in [0.25, 0.3) is 0 Å². The van der Waals surface area contributed by atoms with Crippen LogP contribution in [0.4, 0.5) is 0 Å². The minimum atomic E-state index is -3.03. The van der Waals surface area contributed by atoms with E-state index in [-0.39, 0.29) is 0 Å². The average molecular weight is 221 g/mol. The van der Waals surface area contributed by atoms with Crippen molar-refractivity contribution in [2.24, 2.45) is 0 Å². The number of fused-ring (bicyclic) bond motifs is 1. The van der Waals surface area contributed by atoms with Gasteiger partial charge < -0.3 is 0 Å². The largest absolute Gasteiger partial charge is 0.219 e. The van der Waals surface area contributed by atoms with Gasteiger partial charge in [0.2, 0.25) is 9.84 Å². The molecule has 4 heteroatoms. The molecule has 0 atom stereocenters. The molecule has 0 spiro atoms. The third kappa shape index (κ3) is 0.661. The molecule has 0 aromatic rings. The van der Waals surface area contributed by atoms with Crippen molar-refractivity contribution < 1.29 is 8.42 Å². The lowest BCUT2D eigenvalue weighted by Crippen LogP contribution is -1.99. The van der Waals surface area contributed by atoms with Crippen LogP contribution in [0.3, 0.4) is 0 Å². The van der Waals surface area contributed by atoms with Gasteiger partial charge in [-0.15, -0.1) is 0 Å². The van der Waals surface area contributed by atoms with Gasteiger partial charge in [0.15, 0.2) is 0 Å². The smallest absolute Gasteiger partial charge is 0.206 e. The van der Waals surface area contributed by atoms with Crippen LogP contribution >= 0.6 is 15.9 Å². The molecular weight excluding hydrogens is 216 g/mol. The fraction of sp³-hybridized carbons (Fsp3) is 0.333. The van der Waals surface area contributed by atoms with Gasteiger partial charge in [-0.3, -0.25) is 0 Å². The van der Waals surface area contributed by atoms with Gasteiger partial charge in [-0.2, -0.15) is 0 Å². The van der Waals surface area contributed by atoms with Crippen LogP contribution in [-0.2, 0) is 9.84 Å². The Balaban J connectivity index is 2.71. The van der Waals surface area contributed by atoms with Crippen LogP contribution in [0.1, 0.15) is 12.8 Å². The third-order valence-electron chi connectivity index (χ3n) is 1.82. The van der Waals surface area contributed by atoms with Crippen molar-refractivity contribution in [1.29, 1.82) is 0 Å². The van der Waals surface area contributed by atoms with E-state index >= 15 is 0 Å². The van der Waals surface area contributed by atoms with Gasteiger partial charge in [0.05, 0.1) is 0 Å². The van der Waals surface area contributed by atoms with Crippen molar-refractivity contribution in [3.63, 3.8) is 0 Å². The Bertz CT molecular complexity index is 348. The molecule has 54 valence electrons. The van der Waals surface area contributed by atoms with Gasteiger partial charge in [0.1, 0.15) is 3.81 Å². The predicted octanol–water partition coefficient (Wildman–Crippen LogP) is 1.70. The molecule has 0 aromatic carbocycles. The summed E-state index contributed by atoms with van der Waals surface area (Å²) in [6.07, 6.45) is 1.83. The fourth-order valence-electron chi connectivity index (χ4n) is 1.16. The molecule has 1 fully saturated rings. The Kier molecular flexibility index (Phi) is 1.15. The zero-order valence-corrected chi connectivity index (χ0v) is 7.50. The molecule has 0 radical (unpaired) electrons. The molecular formula is C6H5BrO2S. The normalized spacial score (nSPS) is 27.5. The molecule has 0 N–H and O–H groups in total. The standard InChI is InChI=1S/C6H5BrO2S/c7-6-5-2-1-4(5)3-10(6,8)9/h3H,1-2H2. The van der Waals surface area contributed by atoms with Crippen molar-refractivity contribution in [3.8, 4) is 0 Å². The molecule has 2 aliphatic rings. The summed E-state index contributed by atoms with van der Waals surface area (Å²) in [5.74, 6) is 0. The highest BCUT2D eigenvalue weighted by atomic mass is 79.9. The summed E-state index contributed by atoms with van der Waals surface area (Å²) < 4.78 is 22.5. The number of halogens is 1. The molecule has 2 nitrogen and oxygen atoms in total. The molecule has 10 heavy (non-hydrogen) atoms. The minimum Gasteiger partial charge on any atom is -0.219 e. The molecule has 0 saturated heterocycles. The molecule has 0 bridgehead atoms. The summed E-state index contributed by atoms with van der Waals surface area (Å²) >= 11 is 3.06. The van der Waals surface area contributed by atoms with E-state index in [2.05, 4.69) is 15.9 Å². The fourth-order valence-corrected chi connectivity index (χ4v) is 3.21. The van der Waals surface area contributed by atoms with Crippen molar-refractivity contribution in [2.45, 2.75) is 12.8 Å². The second-order valence-electron chi connectivity index (χ2n) is 2.44. The van der Waals surface area contributed by atoms with E-state index in [0.717, 1.165) is 24.0 Å². The minimum absolute atomic E-state index is 0.390. The Hall–Kier alpha value is -0.0900. The molecule has 2 rings (SSSR count). The van der Waals surface area contributed by atoms with Crippen molar-refractivity contribution in [3.05, 3.63) is 20.4 Å². The number of hydrogen-bond donors (Lipinski definition) is 0. The lowest BCUT2D eigenvalue weighted by atomic mass is 9.89. The van der Waals surface area contributed by atoms with E-state index in [0.29, 0.717) is 3.81 Å². The highest BCUT2D eigenvalue weighted by molar-refractivity contribution is 9.13. The number of hydrogen-bond acceptors (Lipinski definition) is 2. The van der Waals surface area contributed by atoms with E-state index in [4.69, 9.17) is 0 Å². The molecule has 1 heterocycles. The summed E-state index contributed by atoms with van der Waals surface area (Å²) in [6.45, 7) is 0. The number of sulfone groups is 1. The first-order chi connectivity index (χ1) is 4.61. The van der Waals surface area contributed by atoms with Gasteiger partial charge in [-0.25, -0.2) is 8.42 Å². The van der Waals surface area contributed by atoms with Crippen LogP contribution in [0, 0.1) is 0 Å². The van der Waals surface area contributed by atoms with Crippen LogP contribution in [0.25, 0.3) is 0 Å². The van der Waals surface area contributed by atoms with E-state index in [1.807, 2.05) is 0 Å². The molecule has 1 aliphatic carbocycles. The average Bonchev–Trinajstić information content (AvgIpc) is 1.91. The highest BCUT2D eigenvalue weighted by Gasteiger charge is 2.33. The zero-order valence-electron chi connectivity index (χ0n) is 5.09. The topological polar surface area (TPSA) is 34.1 Å². The molecule has 0 amide bonds. The number of rotatable bonds is 0. The van der Waals surface area contributed by atoms with Crippen molar-refractivity contribution in [2.75, 3.05) is 0 Å². The second kappa shape index (κ2) is 1.74. The van der Waals surface area contributed by atoms with Crippen LogP contribution in [0.2, 0.25) is 0 Å². The van der Waals surface area contributed by atoms with Gasteiger partial charge in [0, 0.05) is 5.41 Å². The maximum absolute atomic E-state index is 11.0. The first kappa shape index (κ1) is 6.61. The molecule has 1 aliphatic heterocycles. The zero-order chi connectivity index (χ0) is 7.35. The summed E-state index contributed by atoms with van der Waals surface area (Å²) in [5, 5.41) is 1.36. The maximum atomic E-state index is 11.0. The third-order valence-corrected chi connectivity index (χ3v) is 4.99. The van der Waals surface area contributed by atoms with E-state index in [1.54, 1.807) is 0 Å². The first-order valence-corrected chi connectivity index (χ1v) is 5.30. The summed E-state index contributed by atoms with van der Waals surface area (Å²) in [6, 6.07) is 0. The van der Waals surface area contributed by atoms with Gasteiger partial charge in [-0.1, -0.05) is 0 Å². The summed E-state index contributed by atoms with van der Waals surface area (Å²) in [4.78, 5) is 0. The van der Waals surface area contributed by atoms with Crippen LogP contribution < -0.4 is 0 Å². The van der Waals surface area contributed by atoms with Crippen molar-refractivity contribution >= 4 is 25.8 Å². The lowest BCUT2D eigenvalue weighted by molar-refractivity contribution is 0.612. The Morgan fingerprint density at radius 3 is 2.30 bits per heavy atom. The first-order valence-electron chi connectivity index (χ1n) is 2.96. The monoisotopic (exact) mass is 220 g/mol. The van der Waals surface area contributed by atoms with Crippen LogP contribution in [-0.4, -0.2) is 8.42 Å². The summed E-state index contributed by atoms with van der Waals surface area (Å²) in [7, 11) is -3.03. The Morgan fingerprint density at radius 1 is 1.40 bits per heavy atom. The quantitative estimate of drug-likeness (QED) is 0.623. The molecule has 0 aromatic heterocycles. The van der Waals surface area contributed by atoms with Gasteiger partial charge >= 0.3 is 0 Å². The SMILES string of the molecule is O=S1(=O)C=C2CCC2=C1Br. The van der Waals surface area contributed by atoms with Gasteiger partial charge in [-0.05, 0) is 39.9 Å². The molecule has 0 unspecified atom stereocenters. The van der Waals surface area contributed by atoms with E-state index in [1.165, 1.54) is 5.41 Å². The maximum Gasteiger partial charge on any atom is 0.206 e. The van der Waals surface area contributed by atoms with Crippen LogP contribution in [0.15, 0.2) is 20.4 Å². The van der Waals surface area contributed by atoms with Crippen molar-refractivity contribution in [1.82, 2.24) is 0 Å². The van der Waals surface area contributed by atoms with Crippen LogP contribution in [0.5, 0.6) is 0 Å². The van der Waals surface area contributed by atoms with E-state index < -0.39 is 9.84 Å². The lowest BCUT2D eigenvalue weighted by Gasteiger charge is -2.16. The Morgan fingerprint density at radius 2 is 2.10 bits per heavy atom. The predicted molar refractivity (Wildman–Crippen MR) is 42.2 cm³/mol. The summed E-state index contributed by atoms with van der Waals surface area (Å²) in [5.41, 5.74) is 1.98. The van der Waals surface area contributed by atoms with E-state index in [9.17, 15) is 8.42 Å². The molecule has 1 saturated carbocycles.